The standard InChI is InChI=1S/C12H26N2O9/c1-8(2)11(23-14(18)19)10(22-13(16)17)6-5-7-20-12(15)21-9(3)4/h8-11,16-19H,5-7H2,1-4H3. The van der Waals surface area contributed by atoms with E-state index in [-0.39, 0.29) is 31.5 Å². The number of rotatable bonds is 11. The van der Waals surface area contributed by atoms with Gasteiger partial charge in [0.05, 0.1) is 23.5 Å². The smallest absolute Gasteiger partial charge is 0.434 e. The third kappa shape index (κ3) is 11.2. The second kappa shape index (κ2) is 11.5. The first-order valence-electron chi connectivity index (χ1n) is 7.16. The largest absolute Gasteiger partial charge is 0.508 e. The summed E-state index contributed by atoms with van der Waals surface area (Å²) in [5.41, 5.74) is 0. The molecule has 0 saturated heterocycles. The van der Waals surface area contributed by atoms with Gasteiger partial charge in [-0.05, 0) is 32.6 Å². The normalized spacial score (nSPS) is 14.6. The number of ether oxygens (including phenoxy) is 2. The lowest BCUT2D eigenvalue weighted by atomic mass is 9.98. The minimum atomic E-state index is -0.948. The van der Waals surface area contributed by atoms with Crippen LogP contribution >= 0.6 is 0 Å². The van der Waals surface area contributed by atoms with Crippen LogP contribution in [0.5, 0.6) is 0 Å². The van der Waals surface area contributed by atoms with Crippen molar-refractivity contribution in [3.63, 3.8) is 0 Å². The lowest BCUT2D eigenvalue weighted by Crippen LogP contribution is -2.42. The maximum atomic E-state index is 11.2. The second-order valence-electron chi connectivity index (χ2n) is 5.37. The molecule has 2 atom stereocenters. The van der Waals surface area contributed by atoms with Crippen molar-refractivity contribution in [2.75, 3.05) is 6.61 Å². The zero-order valence-electron chi connectivity index (χ0n) is 13.7. The zero-order chi connectivity index (χ0) is 18.0. The minimum Gasteiger partial charge on any atom is -0.434 e. The monoisotopic (exact) mass is 342 g/mol. The fraction of sp³-hybridized carbons (Fsp3) is 0.917. The van der Waals surface area contributed by atoms with E-state index in [1.165, 1.54) is 0 Å². The van der Waals surface area contributed by atoms with Gasteiger partial charge in [-0.15, -0.1) is 0 Å². The molecule has 0 saturated carbocycles. The summed E-state index contributed by atoms with van der Waals surface area (Å²) >= 11 is 0. The summed E-state index contributed by atoms with van der Waals surface area (Å²) in [4.78, 5) is 20.7. The number of nitrogens with zero attached hydrogens (tertiary/aromatic N) is 2. The molecule has 0 bridgehead atoms. The van der Waals surface area contributed by atoms with E-state index >= 15 is 0 Å². The van der Waals surface area contributed by atoms with E-state index in [9.17, 15) is 4.79 Å². The molecule has 0 fully saturated rings. The Labute approximate surface area is 134 Å². The van der Waals surface area contributed by atoms with E-state index < -0.39 is 29.1 Å². The number of hydrogen-bond donors (Lipinski definition) is 4. The van der Waals surface area contributed by atoms with Crippen LogP contribution in [0.1, 0.15) is 40.5 Å². The molecular formula is C12H26N2O9. The highest BCUT2D eigenvalue weighted by atomic mass is 17.1. The van der Waals surface area contributed by atoms with Crippen molar-refractivity contribution >= 4 is 6.16 Å². The summed E-state index contributed by atoms with van der Waals surface area (Å²) in [6, 6.07) is 0. The molecule has 0 aromatic rings. The molecule has 0 aliphatic rings. The van der Waals surface area contributed by atoms with Crippen molar-refractivity contribution in [3.05, 3.63) is 0 Å². The van der Waals surface area contributed by atoms with Crippen molar-refractivity contribution in [1.29, 1.82) is 0 Å². The predicted molar refractivity (Wildman–Crippen MR) is 72.2 cm³/mol. The third-order valence-corrected chi connectivity index (χ3v) is 2.65. The minimum absolute atomic E-state index is 0.00898. The molecule has 11 nitrogen and oxygen atoms in total. The summed E-state index contributed by atoms with van der Waals surface area (Å²) in [7, 11) is 0. The molecule has 0 heterocycles. The van der Waals surface area contributed by atoms with Gasteiger partial charge in [-0.2, -0.15) is 0 Å². The Bertz CT molecular complexity index is 326. The summed E-state index contributed by atoms with van der Waals surface area (Å²) < 4.78 is 9.61. The maximum absolute atomic E-state index is 11.2. The molecule has 11 heteroatoms. The molecule has 138 valence electrons. The molecule has 23 heavy (non-hydrogen) atoms. The zero-order valence-corrected chi connectivity index (χ0v) is 13.7. The Balaban J connectivity index is 4.45. The molecule has 0 aromatic heterocycles. The van der Waals surface area contributed by atoms with E-state index in [1.807, 2.05) is 0 Å². The van der Waals surface area contributed by atoms with Gasteiger partial charge in [-0.1, -0.05) is 13.8 Å². The average Bonchev–Trinajstić information content (AvgIpc) is 2.37. The molecule has 0 aromatic carbocycles. The molecular weight excluding hydrogens is 316 g/mol. The summed E-state index contributed by atoms with van der Waals surface area (Å²) in [5.74, 6) is -0.256. The molecule has 4 N–H and O–H groups in total. The first-order chi connectivity index (χ1) is 10.6. The molecule has 0 aliphatic carbocycles. The van der Waals surface area contributed by atoms with Gasteiger partial charge in [0.1, 0.15) is 12.2 Å². The van der Waals surface area contributed by atoms with Gasteiger partial charge in [0.2, 0.25) is 0 Å². The quantitative estimate of drug-likeness (QED) is 0.248. The Hall–Kier alpha value is -1.05. The van der Waals surface area contributed by atoms with Crippen molar-refractivity contribution in [2.24, 2.45) is 5.92 Å². The summed E-state index contributed by atoms with van der Waals surface area (Å²) in [6.45, 7) is 6.79. The number of carbonyl (C=O) groups is 1. The lowest BCUT2D eigenvalue weighted by Gasteiger charge is -2.30. The first kappa shape index (κ1) is 21.9. The Morgan fingerprint density at radius 2 is 1.57 bits per heavy atom. The second-order valence-corrected chi connectivity index (χ2v) is 5.37. The fourth-order valence-electron chi connectivity index (χ4n) is 1.79. The molecule has 2 unspecified atom stereocenters. The van der Waals surface area contributed by atoms with Gasteiger partial charge in [0, 0.05) is 0 Å². The van der Waals surface area contributed by atoms with Crippen molar-refractivity contribution in [3.8, 4) is 0 Å². The van der Waals surface area contributed by atoms with Crippen LogP contribution in [0.25, 0.3) is 0 Å². The average molecular weight is 342 g/mol. The van der Waals surface area contributed by atoms with Crippen LogP contribution in [0.2, 0.25) is 0 Å². The van der Waals surface area contributed by atoms with E-state index in [0.29, 0.717) is 0 Å². The SMILES string of the molecule is CC(C)OC(=O)OCCCC(ON(O)O)C(ON(O)O)C(C)C. The Morgan fingerprint density at radius 1 is 1.00 bits per heavy atom. The van der Waals surface area contributed by atoms with Crippen LogP contribution in [0.15, 0.2) is 0 Å². The van der Waals surface area contributed by atoms with Crippen LogP contribution in [-0.4, -0.2) is 62.7 Å². The molecule has 0 amide bonds. The highest BCUT2D eigenvalue weighted by Gasteiger charge is 2.30. The van der Waals surface area contributed by atoms with Crippen LogP contribution < -0.4 is 0 Å². The topological polar surface area (TPSA) is 141 Å². The molecule has 0 spiro atoms. The molecule has 0 rings (SSSR count). The summed E-state index contributed by atoms with van der Waals surface area (Å²) in [6.07, 6.45) is -2.50. The Kier molecular flexibility index (Phi) is 11.0. The van der Waals surface area contributed by atoms with Crippen LogP contribution in [0, 0.1) is 5.92 Å². The van der Waals surface area contributed by atoms with E-state index in [4.69, 9.17) is 40.0 Å². The number of hydrogen-bond acceptors (Lipinski definition) is 11. The van der Waals surface area contributed by atoms with E-state index in [0.717, 1.165) is 0 Å². The summed E-state index contributed by atoms with van der Waals surface area (Å²) in [5, 5.41) is 34.2. The highest BCUT2D eigenvalue weighted by molar-refractivity contribution is 5.59. The highest BCUT2D eigenvalue weighted by Crippen LogP contribution is 2.19. The van der Waals surface area contributed by atoms with E-state index in [2.05, 4.69) is 0 Å². The lowest BCUT2D eigenvalue weighted by molar-refractivity contribution is -0.541. The van der Waals surface area contributed by atoms with Gasteiger partial charge in [0.15, 0.2) is 0 Å². The van der Waals surface area contributed by atoms with Crippen molar-refractivity contribution in [2.45, 2.75) is 58.8 Å². The third-order valence-electron chi connectivity index (χ3n) is 2.65. The molecule has 0 aliphatic heterocycles. The van der Waals surface area contributed by atoms with Crippen LogP contribution in [0.4, 0.5) is 4.79 Å². The van der Waals surface area contributed by atoms with Gasteiger partial charge in [-0.3, -0.25) is 20.8 Å². The van der Waals surface area contributed by atoms with Crippen LogP contribution in [-0.2, 0) is 19.1 Å². The maximum Gasteiger partial charge on any atom is 0.508 e. The van der Waals surface area contributed by atoms with Gasteiger partial charge < -0.3 is 9.47 Å². The fourth-order valence-corrected chi connectivity index (χ4v) is 1.79. The van der Waals surface area contributed by atoms with Crippen LogP contribution in [0.3, 0.4) is 0 Å². The van der Waals surface area contributed by atoms with Gasteiger partial charge in [0.25, 0.3) is 0 Å². The number of carbonyl (C=O) groups excluding carboxylic acids is 1. The Morgan fingerprint density at radius 3 is 2.00 bits per heavy atom. The van der Waals surface area contributed by atoms with E-state index in [1.54, 1.807) is 27.7 Å². The first-order valence-corrected chi connectivity index (χ1v) is 7.16. The predicted octanol–water partition coefficient (Wildman–Crippen LogP) is 1.75. The van der Waals surface area contributed by atoms with Crippen molar-refractivity contribution < 1.29 is 44.8 Å². The van der Waals surface area contributed by atoms with Gasteiger partial charge in [-0.25, -0.2) is 14.5 Å². The van der Waals surface area contributed by atoms with Gasteiger partial charge >= 0.3 is 6.16 Å². The molecule has 0 radical (unpaired) electrons. The van der Waals surface area contributed by atoms with Crippen molar-refractivity contribution in [1.82, 2.24) is 10.8 Å².